The van der Waals surface area contributed by atoms with Gasteiger partial charge in [-0.05, 0) is 31.2 Å². The lowest BCUT2D eigenvalue weighted by molar-refractivity contribution is -0.158. The smallest absolute Gasteiger partial charge is 0.413 e. The van der Waals surface area contributed by atoms with Crippen molar-refractivity contribution in [1.29, 1.82) is 0 Å². The van der Waals surface area contributed by atoms with E-state index in [1.807, 2.05) is 13.8 Å². The van der Waals surface area contributed by atoms with Crippen LogP contribution in [0.3, 0.4) is 0 Å². The second-order valence-electron chi connectivity index (χ2n) is 8.08. The van der Waals surface area contributed by atoms with Crippen molar-refractivity contribution in [2.24, 2.45) is 5.92 Å². The zero-order chi connectivity index (χ0) is 23.9. The number of rotatable bonds is 8. The average Bonchev–Trinajstić information content (AvgIpc) is 2.77. The highest BCUT2D eigenvalue weighted by molar-refractivity contribution is 6.31. The fourth-order valence-electron chi connectivity index (χ4n) is 4.00. The lowest BCUT2D eigenvalue weighted by Crippen LogP contribution is -2.54. The normalized spacial score (nSPS) is 20.1. The molecule has 1 saturated carbocycles. The van der Waals surface area contributed by atoms with E-state index >= 15 is 0 Å². The number of ketones is 1. The molecule has 0 heterocycles. The van der Waals surface area contributed by atoms with Crippen LogP contribution in [0, 0.1) is 5.92 Å². The van der Waals surface area contributed by atoms with Gasteiger partial charge in [-0.1, -0.05) is 50.1 Å². The third-order valence-corrected chi connectivity index (χ3v) is 6.36. The van der Waals surface area contributed by atoms with E-state index in [1.54, 1.807) is 24.3 Å². The summed E-state index contributed by atoms with van der Waals surface area (Å²) in [6.07, 6.45) is 2.06. The lowest BCUT2D eigenvalue weighted by atomic mass is 9.74. The summed E-state index contributed by atoms with van der Waals surface area (Å²) in [6.45, 7) is 4.37. The number of hydrogen-bond donors (Lipinski definition) is 1. The summed E-state index contributed by atoms with van der Waals surface area (Å²) in [5, 5.41) is 2.95. The molecule has 1 aromatic rings. The predicted molar refractivity (Wildman–Crippen MR) is 119 cm³/mol. The van der Waals surface area contributed by atoms with Crippen molar-refractivity contribution >= 4 is 35.4 Å². The number of ether oxygens (including phenoxy) is 2. The Kier molecular flexibility index (Phi) is 9.07. The molecular weight excluding hydrogens is 436 g/mol. The van der Waals surface area contributed by atoms with Gasteiger partial charge in [0.25, 0.3) is 0 Å². The molecule has 1 N–H and O–H groups in total. The third kappa shape index (κ3) is 5.59. The van der Waals surface area contributed by atoms with Crippen LogP contribution in [0.4, 0.5) is 4.79 Å². The summed E-state index contributed by atoms with van der Waals surface area (Å²) in [6, 6.07) is 6.09. The Bertz CT molecular complexity index is 861. The number of halogens is 1. The molecule has 0 spiro atoms. The summed E-state index contributed by atoms with van der Waals surface area (Å²) >= 11 is 6.39. The maximum atomic E-state index is 13.1. The van der Waals surface area contributed by atoms with E-state index in [4.69, 9.17) is 21.1 Å². The predicted octanol–water partition coefficient (Wildman–Crippen LogP) is 3.80. The minimum absolute atomic E-state index is 0.115. The van der Waals surface area contributed by atoms with Gasteiger partial charge in [0.1, 0.15) is 11.6 Å². The van der Waals surface area contributed by atoms with Crippen LogP contribution < -0.4 is 5.32 Å². The zero-order valence-corrected chi connectivity index (χ0v) is 19.7. The second-order valence-corrected chi connectivity index (χ2v) is 8.49. The number of likely N-dealkylation sites (N-methyl/N-ethyl adjacent to an activating group) is 1. The highest BCUT2D eigenvalue weighted by Crippen LogP contribution is 2.42. The molecule has 0 saturated heterocycles. The maximum absolute atomic E-state index is 13.1. The molecule has 0 aromatic heterocycles. The van der Waals surface area contributed by atoms with E-state index in [-0.39, 0.29) is 17.6 Å². The molecule has 2 rings (SSSR count). The van der Waals surface area contributed by atoms with Crippen molar-refractivity contribution in [3.05, 3.63) is 34.9 Å². The first-order valence-corrected chi connectivity index (χ1v) is 11.2. The average molecular weight is 467 g/mol. The molecule has 8 nitrogen and oxygen atoms in total. The molecule has 1 fully saturated rings. The number of nitrogens with one attached hydrogen (secondary N) is 1. The van der Waals surface area contributed by atoms with Crippen LogP contribution in [-0.2, 0) is 29.4 Å². The number of esters is 1. The molecule has 176 valence electrons. The minimum Gasteiger partial charge on any atom is -0.426 e. The minimum atomic E-state index is -1.24. The third-order valence-electron chi connectivity index (χ3n) is 6.03. The summed E-state index contributed by atoms with van der Waals surface area (Å²) in [7, 11) is 1.48. The highest BCUT2D eigenvalue weighted by atomic mass is 35.5. The Balaban J connectivity index is 2.12. The Morgan fingerprint density at radius 1 is 1.22 bits per heavy atom. The molecule has 0 aliphatic heterocycles. The number of nitrogens with zero attached hydrogens (tertiary/aromatic N) is 1. The number of amides is 2. The number of carbonyl (C=O) groups excluding carboxylic acids is 4. The molecule has 32 heavy (non-hydrogen) atoms. The van der Waals surface area contributed by atoms with Crippen molar-refractivity contribution < 1.29 is 28.7 Å². The topological polar surface area (TPSA) is 102 Å². The van der Waals surface area contributed by atoms with Crippen molar-refractivity contribution in [3.8, 4) is 0 Å². The Labute approximate surface area is 193 Å². The van der Waals surface area contributed by atoms with Gasteiger partial charge in [0.2, 0.25) is 12.7 Å². The maximum Gasteiger partial charge on any atom is 0.413 e. The van der Waals surface area contributed by atoms with Crippen molar-refractivity contribution in [2.75, 3.05) is 13.8 Å². The molecule has 2 amide bonds. The fraction of sp³-hybridized carbons (Fsp3) is 0.565. The van der Waals surface area contributed by atoms with Crippen LogP contribution in [-0.4, -0.2) is 48.5 Å². The first-order chi connectivity index (χ1) is 15.1. The molecule has 1 aliphatic carbocycles. The van der Waals surface area contributed by atoms with Crippen LogP contribution in [0.1, 0.15) is 58.4 Å². The molecule has 9 heteroatoms. The van der Waals surface area contributed by atoms with E-state index in [9.17, 15) is 19.2 Å². The first-order valence-electron chi connectivity index (χ1n) is 10.8. The lowest BCUT2D eigenvalue weighted by Gasteiger charge is -2.43. The first kappa shape index (κ1) is 25.6. The van der Waals surface area contributed by atoms with Crippen molar-refractivity contribution in [3.63, 3.8) is 0 Å². The van der Waals surface area contributed by atoms with Crippen LogP contribution in [0.2, 0.25) is 5.02 Å². The van der Waals surface area contributed by atoms with Crippen LogP contribution in [0.5, 0.6) is 0 Å². The van der Waals surface area contributed by atoms with Gasteiger partial charge in [-0.15, -0.1) is 0 Å². The molecule has 3 atom stereocenters. The van der Waals surface area contributed by atoms with E-state index in [1.165, 1.54) is 18.9 Å². The molecule has 1 unspecified atom stereocenters. The van der Waals surface area contributed by atoms with Gasteiger partial charge in [-0.2, -0.15) is 0 Å². The van der Waals surface area contributed by atoms with Gasteiger partial charge >= 0.3 is 12.1 Å². The van der Waals surface area contributed by atoms with E-state index < -0.39 is 30.4 Å². The van der Waals surface area contributed by atoms with Crippen LogP contribution in [0.25, 0.3) is 0 Å². The summed E-state index contributed by atoms with van der Waals surface area (Å²) in [4.78, 5) is 50.9. The second kappa shape index (κ2) is 11.3. The van der Waals surface area contributed by atoms with Gasteiger partial charge in [0, 0.05) is 31.0 Å². The summed E-state index contributed by atoms with van der Waals surface area (Å²) in [5.74, 6) is -1.33. The Morgan fingerprint density at radius 3 is 2.50 bits per heavy atom. The van der Waals surface area contributed by atoms with Gasteiger partial charge in [0.15, 0.2) is 5.78 Å². The standard InChI is InChI=1S/C23H31ClN2O6/c1-5-15(2)20(25-16(3)27)21(29)31-14-32-22(30)26(4)23(13-9-8-12-19(23)28)17-10-6-7-11-18(17)24/h6-7,10-11,15,20H,5,8-9,12-14H2,1-4H3,(H,25,27)/t15?,20-,23-/m0/s1. The Hall–Kier alpha value is -2.61. The van der Waals surface area contributed by atoms with Crippen LogP contribution >= 0.6 is 11.6 Å². The summed E-state index contributed by atoms with van der Waals surface area (Å²) in [5.41, 5.74) is -0.696. The zero-order valence-electron chi connectivity index (χ0n) is 19.0. The van der Waals surface area contributed by atoms with E-state index in [2.05, 4.69) is 5.32 Å². The van der Waals surface area contributed by atoms with Gasteiger partial charge in [0.05, 0.1) is 0 Å². The monoisotopic (exact) mass is 466 g/mol. The molecule has 0 bridgehead atoms. The largest absolute Gasteiger partial charge is 0.426 e. The number of Topliss-reactive ketones (excluding diaryl/α,β-unsaturated/α-hetero) is 1. The Morgan fingerprint density at radius 2 is 1.91 bits per heavy atom. The fourth-order valence-corrected chi connectivity index (χ4v) is 4.29. The molecule has 1 aliphatic rings. The highest BCUT2D eigenvalue weighted by Gasteiger charge is 2.48. The summed E-state index contributed by atoms with van der Waals surface area (Å²) < 4.78 is 10.3. The molecule has 1 aromatic carbocycles. The number of carbonyl (C=O) groups is 4. The van der Waals surface area contributed by atoms with E-state index in [0.29, 0.717) is 29.8 Å². The van der Waals surface area contributed by atoms with E-state index in [0.717, 1.165) is 12.8 Å². The van der Waals surface area contributed by atoms with Gasteiger partial charge < -0.3 is 14.8 Å². The number of hydrogen-bond acceptors (Lipinski definition) is 6. The van der Waals surface area contributed by atoms with Crippen molar-refractivity contribution in [1.82, 2.24) is 10.2 Å². The molecular formula is C23H31ClN2O6. The quantitative estimate of drug-likeness (QED) is 0.462. The molecule has 0 radical (unpaired) electrons. The number of benzene rings is 1. The van der Waals surface area contributed by atoms with Crippen molar-refractivity contribution in [2.45, 2.75) is 64.5 Å². The van der Waals surface area contributed by atoms with Crippen LogP contribution in [0.15, 0.2) is 24.3 Å². The van der Waals surface area contributed by atoms with Gasteiger partial charge in [-0.25, -0.2) is 9.59 Å². The SMILES string of the molecule is CCC(C)[C@H](NC(C)=O)C(=O)OCOC(=O)N(C)[C@]1(c2ccccc2Cl)CCCCC1=O. The van der Waals surface area contributed by atoms with Gasteiger partial charge in [-0.3, -0.25) is 14.5 Å².